The first kappa shape index (κ1) is 31.3. The van der Waals surface area contributed by atoms with Gasteiger partial charge in [0.05, 0.1) is 31.3 Å². The lowest BCUT2D eigenvalue weighted by atomic mass is 9.80. The summed E-state index contributed by atoms with van der Waals surface area (Å²) in [5.74, 6) is -0.844. The van der Waals surface area contributed by atoms with E-state index in [1.54, 1.807) is 13.8 Å². The van der Waals surface area contributed by atoms with E-state index < -0.39 is 17.9 Å². The lowest BCUT2D eigenvalue weighted by Crippen LogP contribution is -2.34. The van der Waals surface area contributed by atoms with Crippen LogP contribution in [0.3, 0.4) is 0 Å². The van der Waals surface area contributed by atoms with Gasteiger partial charge in [0.1, 0.15) is 0 Å². The summed E-state index contributed by atoms with van der Waals surface area (Å²) in [6.45, 7) is 7.17. The molecule has 3 N–H and O–H groups in total. The molecular formula is C33H40N6O4. The monoisotopic (exact) mass is 584 g/mol. The topological polar surface area (TPSA) is 128 Å². The van der Waals surface area contributed by atoms with Crippen LogP contribution in [0.25, 0.3) is 0 Å². The molecule has 10 heteroatoms. The second-order valence-corrected chi connectivity index (χ2v) is 10.7. The van der Waals surface area contributed by atoms with E-state index >= 15 is 0 Å². The number of benzene rings is 2. The normalized spacial score (nSPS) is 16.8. The number of anilines is 1. The fourth-order valence-corrected chi connectivity index (χ4v) is 5.88. The molecule has 1 fully saturated rings. The molecule has 226 valence electrons. The maximum Gasteiger partial charge on any atom is 0.336 e. The van der Waals surface area contributed by atoms with Crippen molar-refractivity contribution in [2.75, 3.05) is 45.7 Å². The molecule has 1 saturated heterocycles. The number of nitriles is 1. The van der Waals surface area contributed by atoms with Crippen molar-refractivity contribution in [3.63, 3.8) is 0 Å². The second kappa shape index (κ2) is 15.0. The molecule has 2 aliphatic heterocycles. The first-order valence-electron chi connectivity index (χ1n) is 14.5. The fraction of sp³-hybridized carbons (Fsp3) is 0.394. The van der Waals surface area contributed by atoms with Gasteiger partial charge in [-0.15, -0.1) is 0 Å². The summed E-state index contributed by atoms with van der Waals surface area (Å²) in [5.41, 5.74) is 4.58. The maximum atomic E-state index is 12.8. The number of carbonyl (C=O) groups is 2. The summed E-state index contributed by atoms with van der Waals surface area (Å²) in [6.07, 6.45) is 5.12. The highest BCUT2D eigenvalue weighted by atomic mass is 16.5. The molecule has 0 unspecified atom stereocenters. The van der Waals surface area contributed by atoms with Gasteiger partial charge in [-0.1, -0.05) is 42.5 Å². The number of esters is 2. The zero-order valence-electron chi connectivity index (χ0n) is 25.3. The predicted molar refractivity (Wildman–Crippen MR) is 166 cm³/mol. The summed E-state index contributed by atoms with van der Waals surface area (Å²) in [6, 6.07) is 18.0. The number of hydrogen-bond donors (Lipinski definition) is 3. The molecule has 0 amide bonds. The van der Waals surface area contributed by atoms with Crippen molar-refractivity contribution in [1.29, 1.82) is 5.26 Å². The van der Waals surface area contributed by atoms with Crippen LogP contribution in [0, 0.1) is 11.5 Å². The van der Waals surface area contributed by atoms with Crippen molar-refractivity contribution in [2.45, 2.75) is 44.9 Å². The van der Waals surface area contributed by atoms with Gasteiger partial charge in [-0.3, -0.25) is 10.3 Å². The van der Waals surface area contributed by atoms with Gasteiger partial charge in [-0.2, -0.15) is 5.26 Å². The van der Waals surface area contributed by atoms with E-state index in [0.717, 1.165) is 38.9 Å². The second-order valence-electron chi connectivity index (χ2n) is 10.7. The zero-order chi connectivity index (χ0) is 30.8. The molecule has 0 aromatic heterocycles. The molecule has 0 spiro atoms. The Hall–Kier alpha value is -4.62. The van der Waals surface area contributed by atoms with Gasteiger partial charge >= 0.3 is 11.9 Å². The summed E-state index contributed by atoms with van der Waals surface area (Å²) in [5, 5.41) is 18.3. The molecule has 2 heterocycles. The quantitative estimate of drug-likeness (QED) is 0.0983. The smallest absolute Gasteiger partial charge is 0.336 e. The molecule has 2 aromatic carbocycles. The van der Waals surface area contributed by atoms with Crippen LogP contribution in [0.2, 0.25) is 0 Å². The maximum absolute atomic E-state index is 12.8. The highest BCUT2D eigenvalue weighted by Crippen LogP contribution is 2.39. The Kier molecular flexibility index (Phi) is 10.9. The molecule has 0 aliphatic carbocycles. The molecule has 10 nitrogen and oxygen atoms in total. The summed E-state index contributed by atoms with van der Waals surface area (Å²) >= 11 is 0. The van der Waals surface area contributed by atoms with Crippen LogP contribution in [0.15, 0.2) is 82.1 Å². The Labute approximate surface area is 253 Å². The molecule has 4 rings (SSSR count). The Balaban J connectivity index is 1.43. The van der Waals surface area contributed by atoms with Gasteiger partial charge in [0.2, 0.25) is 5.96 Å². The average molecular weight is 585 g/mol. The first-order chi connectivity index (χ1) is 20.9. The largest absolute Gasteiger partial charge is 0.466 e. The van der Waals surface area contributed by atoms with Crippen molar-refractivity contribution >= 4 is 23.6 Å². The standard InChI is InChI=1S/C33H40N6O4/c1-22-28(31(40)42-3)30(29(23(2)37-22)32(41)43-4)26-12-8-13-27(20-26)38-33(36-21-34)35-16-9-17-39-18-14-25(15-19-39)24-10-6-5-7-11-24/h5-8,10-13,20,25,30,37H,9,14-19H2,1-4H3,(H2,35,36,38). The van der Waals surface area contributed by atoms with Gasteiger partial charge < -0.3 is 25.0 Å². The number of likely N-dealkylation sites (tertiary alicyclic amines) is 1. The number of rotatable bonds is 9. The molecule has 2 aliphatic rings. The molecular weight excluding hydrogens is 544 g/mol. The molecule has 43 heavy (non-hydrogen) atoms. The van der Waals surface area contributed by atoms with Gasteiger partial charge in [0.15, 0.2) is 6.19 Å². The zero-order valence-corrected chi connectivity index (χ0v) is 25.3. The van der Waals surface area contributed by atoms with E-state index in [9.17, 15) is 14.9 Å². The van der Waals surface area contributed by atoms with E-state index in [2.05, 4.69) is 56.2 Å². The van der Waals surface area contributed by atoms with Crippen LogP contribution >= 0.6 is 0 Å². The third kappa shape index (κ3) is 7.81. The number of dihydropyridines is 1. The molecule has 0 radical (unpaired) electrons. The number of ether oxygens (including phenoxy) is 2. The van der Waals surface area contributed by atoms with Crippen molar-refractivity contribution in [3.8, 4) is 6.19 Å². The Morgan fingerprint density at radius 1 is 0.977 bits per heavy atom. The van der Waals surface area contributed by atoms with E-state index in [1.807, 2.05) is 30.5 Å². The highest BCUT2D eigenvalue weighted by Gasteiger charge is 2.37. The number of methoxy groups -OCH3 is 2. The average Bonchev–Trinajstić information content (AvgIpc) is 3.03. The summed E-state index contributed by atoms with van der Waals surface area (Å²) < 4.78 is 10.1. The molecule has 0 saturated carbocycles. The minimum Gasteiger partial charge on any atom is -0.466 e. The van der Waals surface area contributed by atoms with E-state index in [1.165, 1.54) is 19.8 Å². The lowest BCUT2D eigenvalue weighted by Gasteiger charge is -2.32. The number of hydrogen-bond acceptors (Lipinski definition) is 8. The van der Waals surface area contributed by atoms with Crippen LogP contribution < -0.4 is 16.0 Å². The van der Waals surface area contributed by atoms with Crippen molar-refractivity contribution < 1.29 is 19.1 Å². The number of nitrogens with one attached hydrogen (secondary N) is 3. The van der Waals surface area contributed by atoms with Gasteiger partial charge in [-0.05, 0) is 81.9 Å². The van der Waals surface area contributed by atoms with Gasteiger partial charge in [0, 0.05) is 23.6 Å². The van der Waals surface area contributed by atoms with E-state index in [-0.39, 0.29) is 0 Å². The van der Waals surface area contributed by atoms with Gasteiger partial charge in [0.25, 0.3) is 0 Å². The number of carbonyl (C=O) groups excluding carboxylic acids is 2. The minimum atomic E-state index is -0.710. The first-order valence-corrected chi connectivity index (χ1v) is 14.5. The summed E-state index contributed by atoms with van der Waals surface area (Å²) in [4.78, 5) is 32.8. The van der Waals surface area contributed by atoms with Crippen molar-refractivity contribution in [2.24, 2.45) is 4.99 Å². The molecule has 0 atom stereocenters. The van der Waals surface area contributed by atoms with Crippen LogP contribution in [0.4, 0.5) is 5.69 Å². The summed E-state index contributed by atoms with van der Waals surface area (Å²) in [7, 11) is 2.62. The predicted octanol–water partition coefficient (Wildman–Crippen LogP) is 4.38. The van der Waals surface area contributed by atoms with Crippen LogP contribution in [-0.2, 0) is 19.1 Å². The third-order valence-corrected chi connectivity index (χ3v) is 7.99. The van der Waals surface area contributed by atoms with Crippen LogP contribution in [0.1, 0.15) is 56.1 Å². The number of piperidine rings is 1. The molecule has 0 bridgehead atoms. The van der Waals surface area contributed by atoms with Gasteiger partial charge in [-0.25, -0.2) is 9.59 Å². The lowest BCUT2D eigenvalue weighted by molar-refractivity contribution is -0.137. The Morgan fingerprint density at radius 2 is 1.60 bits per heavy atom. The third-order valence-electron chi connectivity index (χ3n) is 7.99. The van der Waals surface area contributed by atoms with Crippen molar-refractivity contribution in [1.82, 2.24) is 15.5 Å². The number of aliphatic imine (C=N–C) groups is 1. The number of guanidine groups is 1. The van der Waals surface area contributed by atoms with E-state index in [4.69, 9.17) is 9.47 Å². The van der Waals surface area contributed by atoms with E-state index in [0.29, 0.717) is 52.2 Å². The minimum absolute atomic E-state index is 0.322. The number of nitrogens with zero attached hydrogens (tertiary/aromatic N) is 3. The fourth-order valence-electron chi connectivity index (χ4n) is 5.88. The SMILES string of the molecule is COC(=O)C1=C(C)NC(C)=C(C(=O)OC)C1c1cccc(NC(=NCCCN2CCC(c3ccccc3)CC2)NC#N)c1. The van der Waals surface area contributed by atoms with Crippen LogP contribution in [0.5, 0.6) is 0 Å². The highest BCUT2D eigenvalue weighted by molar-refractivity contribution is 6.00. The Morgan fingerprint density at radius 3 is 2.21 bits per heavy atom. The van der Waals surface area contributed by atoms with Crippen LogP contribution in [-0.4, -0.2) is 63.2 Å². The molecule has 2 aromatic rings. The van der Waals surface area contributed by atoms with Crippen molar-refractivity contribution in [3.05, 3.63) is 88.3 Å². The Bertz CT molecular complexity index is 1400. The number of allylic oxidation sites excluding steroid dienone is 2.